The van der Waals surface area contributed by atoms with Crippen LogP contribution in [0.3, 0.4) is 0 Å². The van der Waals surface area contributed by atoms with Crippen molar-refractivity contribution in [3.63, 3.8) is 0 Å². The Bertz CT molecular complexity index is 750. The zero-order valence-electron chi connectivity index (χ0n) is 14.5. The number of nitrogens with zero attached hydrogens (tertiary/aromatic N) is 2. The van der Waals surface area contributed by atoms with Gasteiger partial charge >= 0.3 is 6.09 Å². The molecule has 1 fully saturated rings. The number of aromatic amines is 1. The number of Topliss-reactive ketones (excluding diaryl/α,β-unsaturated/α-hetero) is 1. The van der Waals surface area contributed by atoms with Crippen LogP contribution in [0.15, 0.2) is 18.2 Å². The van der Waals surface area contributed by atoms with Gasteiger partial charge in [0.25, 0.3) is 0 Å². The SMILES string of the molecule is COC(=O)Nc1nc2ccc(C(=O)CCCN3CCCCC3)cc2[nH]1. The van der Waals surface area contributed by atoms with E-state index in [2.05, 4.69) is 24.9 Å². The molecule has 0 unspecified atom stereocenters. The highest BCUT2D eigenvalue weighted by atomic mass is 16.5. The Hall–Kier alpha value is -2.41. The third kappa shape index (κ3) is 4.57. The molecule has 1 amide bonds. The fourth-order valence-electron chi connectivity index (χ4n) is 3.18. The van der Waals surface area contributed by atoms with Crippen molar-refractivity contribution in [3.8, 4) is 0 Å². The molecular formula is C18H24N4O3. The zero-order chi connectivity index (χ0) is 17.6. The summed E-state index contributed by atoms with van der Waals surface area (Å²) in [5, 5.41) is 2.48. The number of aromatic nitrogens is 2. The monoisotopic (exact) mass is 344 g/mol. The lowest BCUT2D eigenvalue weighted by atomic mass is 10.1. The molecule has 0 spiro atoms. The van der Waals surface area contributed by atoms with Gasteiger partial charge in [-0.2, -0.15) is 0 Å². The van der Waals surface area contributed by atoms with Gasteiger partial charge in [-0.05, 0) is 57.1 Å². The van der Waals surface area contributed by atoms with E-state index in [1.807, 2.05) is 0 Å². The van der Waals surface area contributed by atoms with Gasteiger partial charge in [0.15, 0.2) is 5.78 Å². The van der Waals surface area contributed by atoms with E-state index in [1.54, 1.807) is 18.2 Å². The van der Waals surface area contributed by atoms with Gasteiger partial charge in [-0.25, -0.2) is 9.78 Å². The van der Waals surface area contributed by atoms with Crippen molar-refractivity contribution in [3.05, 3.63) is 23.8 Å². The Morgan fingerprint density at radius 2 is 2.08 bits per heavy atom. The maximum absolute atomic E-state index is 12.4. The fraction of sp³-hybridized carbons (Fsp3) is 0.500. The second kappa shape index (κ2) is 8.11. The highest BCUT2D eigenvalue weighted by Gasteiger charge is 2.13. The van der Waals surface area contributed by atoms with Gasteiger partial charge < -0.3 is 14.6 Å². The van der Waals surface area contributed by atoms with Crippen molar-refractivity contribution in [1.29, 1.82) is 0 Å². The zero-order valence-corrected chi connectivity index (χ0v) is 14.5. The van der Waals surface area contributed by atoms with Crippen LogP contribution in [0, 0.1) is 0 Å². The second-order valence-corrected chi connectivity index (χ2v) is 6.36. The maximum atomic E-state index is 12.4. The van der Waals surface area contributed by atoms with Gasteiger partial charge in [-0.3, -0.25) is 10.1 Å². The highest BCUT2D eigenvalue weighted by molar-refractivity contribution is 5.99. The number of carbonyl (C=O) groups is 2. The van der Waals surface area contributed by atoms with Crippen LogP contribution >= 0.6 is 0 Å². The van der Waals surface area contributed by atoms with Crippen LogP contribution in [0.5, 0.6) is 0 Å². The number of amides is 1. The molecule has 0 bridgehead atoms. The van der Waals surface area contributed by atoms with Gasteiger partial charge in [-0.15, -0.1) is 0 Å². The summed E-state index contributed by atoms with van der Waals surface area (Å²) in [6.45, 7) is 3.31. The first kappa shape index (κ1) is 17.4. The standard InChI is InChI=1S/C18H24N4O3/c1-25-18(24)21-17-19-14-8-7-13(12-15(14)20-17)16(23)6-5-11-22-9-3-2-4-10-22/h7-8,12H,2-6,9-11H2,1H3,(H2,19,20,21,24). The topological polar surface area (TPSA) is 87.3 Å². The van der Waals surface area contributed by atoms with Crippen LogP contribution in [-0.2, 0) is 4.74 Å². The molecule has 1 saturated heterocycles. The summed E-state index contributed by atoms with van der Waals surface area (Å²) in [5.74, 6) is 0.438. The number of piperidine rings is 1. The number of imidazole rings is 1. The van der Waals surface area contributed by atoms with E-state index < -0.39 is 6.09 Å². The highest BCUT2D eigenvalue weighted by Crippen LogP contribution is 2.18. The molecule has 0 radical (unpaired) electrons. The van der Waals surface area contributed by atoms with E-state index in [0.717, 1.165) is 26.1 Å². The molecule has 1 aliphatic heterocycles. The molecule has 3 rings (SSSR count). The van der Waals surface area contributed by atoms with Crippen molar-refractivity contribution in [1.82, 2.24) is 14.9 Å². The summed E-state index contributed by atoms with van der Waals surface area (Å²) in [6, 6.07) is 5.36. The summed E-state index contributed by atoms with van der Waals surface area (Å²) in [4.78, 5) is 33.3. The average Bonchev–Trinajstić information content (AvgIpc) is 3.03. The van der Waals surface area contributed by atoms with E-state index in [9.17, 15) is 9.59 Å². The fourth-order valence-corrected chi connectivity index (χ4v) is 3.18. The Morgan fingerprint density at radius 3 is 2.84 bits per heavy atom. The summed E-state index contributed by atoms with van der Waals surface area (Å²) in [5.41, 5.74) is 2.07. The summed E-state index contributed by atoms with van der Waals surface area (Å²) in [7, 11) is 1.29. The number of benzene rings is 1. The molecule has 0 atom stereocenters. The molecule has 0 saturated carbocycles. The lowest BCUT2D eigenvalue weighted by Gasteiger charge is -2.26. The van der Waals surface area contributed by atoms with E-state index in [1.165, 1.54) is 26.4 Å². The van der Waals surface area contributed by atoms with Gasteiger partial charge in [0.2, 0.25) is 5.95 Å². The number of likely N-dealkylation sites (tertiary alicyclic amines) is 1. The van der Waals surface area contributed by atoms with Gasteiger partial charge in [0.05, 0.1) is 18.1 Å². The van der Waals surface area contributed by atoms with E-state index in [4.69, 9.17) is 0 Å². The van der Waals surface area contributed by atoms with E-state index in [0.29, 0.717) is 29.0 Å². The first-order chi connectivity index (χ1) is 12.2. The van der Waals surface area contributed by atoms with Crippen LogP contribution in [0.25, 0.3) is 11.0 Å². The normalized spacial score (nSPS) is 15.2. The summed E-state index contributed by atoms with van der Waals surface area (Å²) < 4.78 is 4.54. The lowest BCUT2D eigenvalue weighted by molar-refractivity contribution is 0.0973. The number of H-pyrrole nitrogens is 1. The molecule has 25 heavy (non-hydrogen) atoms. The molecule has 2 heterocycles. The number of hydrogen-bond acceptors (Lipinski definition) is 5. The van der Waals surface area contributed by atoms with Crippen molar-refractivity contribution in [2.24, 2.45) is 0 Å². The van der Waals surface area contributed by atoms with E-state index >= 15 is 0 Å². The van der Waals surface area contributed by atoms with Crippen molar-refractivity contribution in [2.75, 3.05) is 32.1 Å². The molecule has 2 aromatic rings. The minimum absolute atomic E-state index is 0.135. The van der Waals surface area contributed by atoms with Gasteiger partial charge in [0.1, 0.15) is 0 Å². The van der Waals surface area contributed by atoms with Gasteiger partial charge in [-0.1, -0.05) is 6.42 Å². The number of ether oxygens (including phenoxy) is 1. The van der Waals surface area contributed by atoms with Crippen molar-refractivity contribution >= 4 is 28.9 Å². The summed E-state index contributed by atoms with van der Waals surface area (Å²) in [6.07, 6.45) is 4.71. The summed E-state index contributed by atoms with van der Waals surface area (Å²) >= 11 is 0. The number of fused-ring (bicyclic) bond motifs is 1. The molecule has 0 aliphatic carbocycles. The van der Waals surface area contributed by atoms with Crippen LogP contribution in [-0.4, -0.2) is 53.5 Å². The van der Waals surface area contributed by atoms with Crippen LogP contribution in [0.1, 0.15) is 42.5 Å². The average molecular weight is 344 g/mol. The minimum Gasteiger partial charge on any atom is -0.453 e. The number of nitrogens with one attached hydrogen (secondary N) is 2. The van der Waals surface area contributed by atoms with Crippen LogP contribution in [0.4, 0.5) is 10.7 Å². The van der Waals surface area contributed by atoms with E-state index in [-0.39, 0.29) is 5.78 Å². The molecule has 1 aromatic carbocycles. The molecule has 2 N–H and O–H groups in total. The maximum Gasteiger partial charge on any atom is 0.413 e. The van der Waals surface area contributed by atoms with Crippen LogP contribution < -0.4 is 5.32 Å². The largest absolute Gasteiger partial charge is 0.453 e. The predicted octanol–water partition coefficient (Wildman–Crippen LogP) is 3.19. The number of ketones is 1. The van der Waals surface area contributed by atoms with Crippen LogP contribution in [0.2, 0.25) is 0 Å². The first-order valence-corrected chi connectivity index (χ1v) is 8.76. The van der Waals surface area contributed by atoms with Gasteiger partial charge in [0, 0.05) is 12.0 Å². The number of hydrogen-bond donors (Lipinski definition) is 2. The smallest absolute Gasteiger partial charge is 0.413 e. The second-order valence-electron chi connectivity index (χ2n) is 6.36. The molecule has 7 nitrogen and oxygen atoms in total. The minimum atomic E-state index is -0.590. The molecule has 1 aromatic heterocycles. The van der Waals surface area contributed by atoms with Crippen molar-refractivity contribution in [2.45, 2.75) is 32.1 Å². The number of methoxy groups -OCH3 is 1. The third-order valence-corrected chi connectivity index (χ3v) is 4.54. The Balaban J connectivity index is 1.58. The Morgan fingerprint density at radius 1 is 1.28 bits per heavy atom. The third-order valence-electron chi connectivity index (χ3n) is 4.54. The predicted molar refractivity (Wildman–Crippen MR) is 96.0 cm³/mol. The molecule has 7 heteroatoms. The molecule has 1 aliphatic rings. The Kier molecular flexibility index (Phi) is 5.65. The lowest BCUT2D eigenvalue weighted by Crippen LogP contribution is -2.30. The number of anilines is 1. The number of carbonyl (C=O) groups excluding carboxylic acids is 2. The molecular weight excluding hydrogens is 320 g/mol. The Labute approximate surface area is 146 Å². The molecule has 134 valence electrons. The van der Waals surface area contributed by atoms with Crippen molar-refractivity contribution < 1.29 is 14.3 Å². The number of rotatable bonds is 6. The quantitative estimate of drug-likeness (QED) is 0.786. The first-order valence-electron chi connectivity index (χ1n) is 8.76.